The van der Waals surface area contributed by atoms with Gasteiger partial charge in [-0.15, -0.1) is 0 Å². The first-order valence-electron chi connectivity index (χ1n) is 1.93. The summed E-state index contributed by atoms with van der Waals surface area (Å²) >= 11 is 1.25. The van der Waals surface area contributed by atoms with E-state index in [2.05, 4.69) is 0 Å². The molecule has 0 aromatic rings. The van der Waals surface area contributed by atoms with Crippen LogP contribution in [0.3, 0.4) is 0 Å². The van der Waals surface area contributed by atoms with Crippen molar-refractivity contribution >= 4 is 15.9 Å². The molecule has 7 heteroatoms. The first-order chi connectivity index (χ1) is 4.15. The van der Waals surface area contributed by atoms with E-state index in [1.165, 1.54) is 15.9 Å². The van der Waals surface area contributed by atoms with Crippen LogP contribution in [-0.4, -0.2) is 17.2 Å². The van der Waals surface area contributed by atoms with Gasteiger partial charge in [0, 0.05) is 0 Å². The molecular formula is C3HBrF6. The Morgan fingerprint density at radius 2 is 1.30 bits per heavy atom. The van der Waals surface area contributed by atoms with Gasteiger partial charge in [0.1, 0.15) is 0 Å². The zero-order valence-corrected chi connectivity index (χ0v) is 5.81. The lowest BCUT2D eigenvalue weighted by Gasteiger charge is -2.16. The molecular weight excluding hydrogens is 230 g/mol. The Morgan fingerprint density at radius 3 is 1.30 bits per heavy atom. The molecule has 0 aliphatic rings. The summed E-state index contributed by atoms with van der Waals surface area (Å²) in [6.45, 7) is 0. The smallest absolute Gasteiger partial charge is 0.230 e. The lowest BCUT2D eigenvalue weighted by Crippen LogP contribution is -2.37. The number of rotatable bonds is 1. The minimum atomic E-state index is -5.52. The van der Waals surface area contributed by atoms with Crippen LogP contribution in [-0.2, 0) is 0 Å². The highest BCUT2D eigenvalue weighted by atomic mass is 79.9. The van der Waals surface area contributed by atoms with Crippen LogP contribution in [0.1, 0.15) is 0 Å². The number of alkyl halides is 7. The van der Waals surface area contributed by atoms with Gasteiger partial charge < -0.3 is 0 Å². The molecule has 0 aliphatic heterocycles. The van der Waals surface area contributed by atoms with Gasteiger partial charge in [0.15, 0.2) is 0 Å². The van der Waals surface area contributed by atoms with Gasteiger partial charge in [0.05, 0.1) is 0 Å². The molecule has 1 unspecified atom stereocenters. The fraction of sp³-hybridized carbons (Fsp3) is 1.00. The van der Waals surface area contributed by atoms with Crippen molar-refractivity contribution < 1.29 is 26.3 Å². The van der Waals surface area contributed by atoms with Gasteiger partial charge in [-0.2, -0.15) is 22.0 Å². The highest BCUT2D eigenvalue weighted by molar-refractivity contribution is 9.10. The van der Waals surface area contributed by atoms with E-state index in [0.29, 0.717) is 0 Å². The van der Waals surface area contributed by atoms with E-state index >= 15 is 0 Å². The zero-order valence-electron chi connectivity index (χ0n) is 4.22. The van der Waals surface area contributed by atoms with Crippen LogP contribution in [0, 0.1) is 0 Å². The van der Waals surface area contributed by atoms with E-state index in [-0.39, 0.29) is 0 Å². The van der Waals surface area contributed by atoms with E-state index in [1.807, 2.05) is 0 Å². The molecule has 0 amide bonds. The summed E-state index contributed by atoms with van der Waals surface area (Å²) < 4.78 is 67.5. The summed E-state index contributed by atoms with van der Waals surface area (Å²) in [4.78, 5) is -4.54. The van der Waals surface area contributed by atoms with Crippen molar-refractivity contribution in [3.05, 3.63) is 0 Å². The molecule has 0 heterocycles. The molecule has 0 bridgehead atoms. The van der Waals surface area contributed by atoms with E-state index < -0.39 is 17.2 Å². The molecule has 0 nitrogen and oxygen atoms in total. The van der Waals surface area contributed by atoms with Crippen LogP contribution < -0.4 is 0 Å². The topological polar surface area (TPSA) is 0 Å². The Labute approximate surface area is 60.3 Å². The molecule has 0 saturated carbocycles. The predicted molar refractivity (Wildman–Crippen MR) is 24.8 cm³/mol. The summed E-state index contributed by atoms with van der Waals surface area (Å²) in [5.41, 5.74) is 0. The molecule has 1 atom stereocenters. The van der Waals surface area contributed by atoms with Gasteiger partial charge in [0.25, 0.3) is 6.17 Å². The minimum Gasteiger partial charge on any atom is -0.230 e. The molecule has 0 N–H and O–H groups in total. The summed E-state index contributed by atoms with van der Waals surface area (Å²) in [5.74, 6) is 0. The first-order valence-corrected chi connectivity index (χ1v) is 2.72. The largest absolute Gasteiger partial charge is 0.426 e. The molecule has 10 heavy (non-hydrogen) atoms. The molecule has 0 spiro atoms. The third-order valence-corrected chi connectivity index (χ3v) is 0.977. The van der Waals surface area contributed by atoms with Crippen LogP contribution in [0.25, 0.3) is 0 Å². The zero-order chi connectivity index (χ0) is 8.58. The average molecular weight is 231 g/mol. The molecule has 0 aromatic heterocycles. The average Bonchev–Trinajstić information content (AvgIpc) is 1.59. The van der Waals surface area contributed by atoms with Gasteiger partial charge in [-0.1, -0.05) is 0 Å². The quantitative estimate of drug-likeness (QED) is 0.480. The van der Waals surface area contributed by atoms with Crippen LogP contribution in [0.4, 0.5) is 26.3 Å². The van der Waals surface area contributed by atoms with Gasteiger partial charge in [0.2, 0.25) is 0 Å². The van der Waals surface area contributed by atoms with E-state index in [9.17, 15) is 26.3 Å². The van der Waals surface area contributed by atoms with Gasteiger partial charge in [-0.3, -0.25) is 0 Å². The Hall–Kier alpha value is 0.0600. The summed E-state index contributed by atoms with van der Waals surface area (Å²) in [5, 5.41) is 0. The molecule has 0 aromatic carbocycles. The summed E-state index contributed by atoms with van der Waals surface area (Å²) in [6, 6.07) is 0. The second-order valence-corrected chi connectivity index (χ2v) is 2.50. The molecule has 0 rings (SSSR count). The fourth-order valence-electron chi connectivity index (χ4n) is 0.186. The molecule has 0 radical (unpaired) electrons. The van der Waals surface area contributed by atoms with Crippen LogP contribution in [0.5, 0.6) is 0 Å². The fourth-order valence-corrected chi connectivity index (χ4v) is 0.445. The maximum absolute atomic E-state index is 11.5. The standard InChI is InChI=1S/C3HBrF6/c4-2(6,7)1(5)3(8,9)10/h1H. The summed E-state index contributed by atoms with van der Waals surface area (Å²) in [7, 11) is 0. The highest BCUT2D eigenvalue weighted by Gasteiger charge is 2.55. The molecule has 62 valence electrons. The maximum Gasteiger partial charge on any atom is 0.426 e. The Kier molecular flexibility index (Phi) is 2.61. The second kappa shape index (κ2) is 2.60. The van der Waals surface area contributed by atoms with Crippen molar-refractivity contribution in [3.63, 3.8) is 0 Å². The number of hydrogen-bond donors (Lipinski definition) is 0. The molecule has 0 aliphatic carbocycles. The monoisotopic (exact) mass is 230 g/mol. The maximum atomic E-state index is 11.5. The third kappa shape index (κ3) is 2.76. The Bertz CT molecular complexity index is 97.1. The summed E-state index contributed by atoms with van der Waals surface area (Å²) in [6.07, 6.45) is -9.67. The lowest BCUT2D eigenvalue weighted by molar-refractivity contribution is -0.218. The van der Waals surface area contributed by atoms with Crippen molar-refractivity contribution in [1.29, 1.82) is 0 Å². The van der Waals surface area contributed by atoms with Crippen molar-refractivity contribution in [2.45, 2.75) is 17.2 Å². The van der Waals surface area contributed by atoms with Gasteiger partial charge in [-0.25, -0.2) is 4.39 Å². The second-order valence-electron chi connectivity index (χ2n) is 1.45. The molecule has 0 saturated heterocycles. The number of halogens is 7. The van der Waals surface area contributed by atoms with E-state index in [0.717, 1.165) is 0 Å². The van der Waals surface area contributed by atoms with Crippen molar-refractivity contribution in [2.75, 3.05) is 0 Å². The Balaban J connectivity index is 4.23. The highest BCUT2D eigenvalue weighted by Crippen LogP contribution is 2.38. The van der Waals surface area contributed by atoms with Gasteiger partial charge in [-0.05, 0) is 15.9 Å². The van der Waals surface area contributed by atoms with Crippen LogP contribution in [0.15, 0.2) is 0 Å². The third-order valence-electron chi connectivity index (χ3n) is 0.575. The van der Waals surface area contributed by atoms with Crippen LogP contribution in [0.2, 0.25) is 0 Å². The SMILES string of the molecule is FC(C(F)(F)F)C(F)(F)Br. The normalized spacial score (nSPS) is 17.1. The first kappa shape index (κ1) is 10.1. The van der Waals surface area contributed by atoms with E-state index in [4.69, 9.17) is 0 Å². The van der Waals surface area contributed by atoms with Gasteiger partial charge >= 0.3 is 11.0 Å². The number of hydrogen-bond acceptors (Lipinski definition) is 0. The predicted octanol–water partition coefficient (Wildman–Crippen LogP) is 2.87. The van der Waals surface area contributed by atoms with Crippen molar-refractivity contribution in [2.24, 2.45) is 0 Å². The van der Waals surface area contributed by atoms with Crippen molar-refractivity contribution in [1.82, 2.24) is 0 Å². The van der Waals surface area contributed by atoms with E-state index in [1.54, 1.807) is 0 Å². The van der Waals surface area contributed by atoms with Crippen molar-refractivity contribution in [3.8, 4) is 0 Å². The molecule has 0 fully saturated rings. The minimum absolute atomic E-state index is 1.25. The Morgan fingerprint density at radius 1 is 1.00 bits per heavy atom. The lowest BCUT2D eigenvalue weighted by atomic mass is 10.4. The van der Waals surface area contributed by atoms with Crippen LogP contribution >= 0.6 is 15.9 Å².